The van der Waals surface area contributed by atoms with Crippen LogP contribution >= 0.6 is 0 Å². The fourth-order valence-corrected chi connectivity index (χ4v) is 2.26. The standard InChI is InChI=1S/C16H14N2O2/c1-20-10-6-7-14(17)12(8-10)16(19)13-9-18-15-5-3-2-4-11(13)15/h2-9,18H,17H2,1H3. The Morgan fingerprint density at radius 2 is 1.95 bits per heavy atom. The van der Waals surface area contributed by atoms with E-state index >= 15 is 0 Å². The van der Waals surface area contributed by atoms with Crippen LogP contribution in [0, 0.1) is 0 Å². The molecule has 0 bridgehead atoms. The maximum Gasteiger partial charge on any atom is 0.197 e. The van der Waals surface area contributed by atoms with E-state index in [9.17, 15) is 4.79 Å². The van der Waals surface area contributed by atoms with Gasteiger partial charge in [-0.15, -0.1) is 0 Å². The molecule has 4 nitrogen and oxygen atoms in total. The predicted octanol–water partition coefficient (Wildman–Crippen LogP) is 2.99. The molecule has 20 heavy (non-hydrogen) atoms. The summed E-state index contributed by atoms with van der Waals surface area (Å²) < 4.78 is 5.15. The van der Waals surface area contributed by atoms with Gasteiger partial charge in [0.15, 0.2) is 5.78 Å². The van der Waals surface area contributed by atoms with Crippen molar-refractivity contribution < 1.29 is 9.53 Å². The number of aromatic amines is 1. The maximum absolute atomic E-state index is 12.7. The average Bonchev–Trinajstić information content (AvgIpc) is 2.91. The molecule has 0 spiro atoms. The van der Waals surface area contributed by atoms with Crippen molar-refractivity contribution in [2.75, 3.05) is 12.8 Å². The van der Waals surface area contributed by atoms with Crippen LogP contribution in [-0.2, 0) is 0 Å². The van der Waals surface area contributed by atoms with Crippen LogP contribution in [0.4, 0.5) is 5.69 Å². The van der Waals surface area contributed by atoms with Crippen molar-refractivity contribution in [2.24, 2.45) is 0 Å². The van der Waals surface area contributed by atoms with Crippen LogP contribution in [0.2, 0.25) is 0 Å². The van der Waals surface area contributed by atoms with Gasteiger partial charge in [-0.2, -0.15) is 0 Å². The highest BCUT2D eigenvalue weighted by Gasteiger charge is 2.17. The fourth-order valence-electron chi connectivity index (χ4n) is 2.26. The highest BCUT2D eigenvalue weighted by molar-refractivity contribution is 6.18. The van der Waals surface area contributed by atoms with Gasteiger partial charge in [0.1, 0.15) is 5.75 Å². The zero-order valence-electron chi connectivity index (χ0n) is 11.0. The number of anilines is 1. The first kappa shape index (κ1) is 12.3. The zero-order valence-corrected chi connectivity index (χ0v) is 11.0. The summed E-state index contributed by atoms with van der Waals surface area (Å²) in [5.41, 5.74) is 8.35. The Morgan fingerprint density at radius 1 is 1.15 bits per heavy atom. The number of nitrogen functional groups attached to an aromatic ring is 1. The van der Waals surface area contributed by atoms with Gasteiger partial charge >= 0.3 is 0 Å². The van der Waals surface area contributed by atoms with Gasteiger partial charge in [-0.05, 0) is 24.3 Å². The van der Waals surface area contributed by atoms with Gasteiger partial charge in [-0.1, -0.05) is 18.2 Å². The first-order valence-corrected chi connectivity index (χ1v) is 6.25. The maximum atomic E-state index is 12.7. The second kappa shape index (κ2) is 4.74. The van der Waals surface area contributed by atoms with Crippen LogP contribution in [0.1, 0.15) is 15.9 Å². The number of benzene rings is 2. The summed E-state index contributed by atoms with van der Waals surface area (Å²) >= 11 is 0. The molecule has 2 aromatic carbocycles. The first-order valence-electron chi connectivity index (χ1n) is 6.25. The number of carbonyl (C=O) groups excluding carboxylic acids is 1. The SMILES string of the molecule is COc1ccc(N)c(C(=O)c2c[nH]c3ccccc23)c1. The minimum Gasteiger partial charge on any atom is -0.497 e. The van der Waals surface area contributed by atoms with E-state index < -0.39 is 0 Å². The Hall–Kier alpha value is -2.75. The summed E-state index contributed by atoms with van der Waals surface area (Å²) in [5, 5.41) is 0.889. The minimum absolute atomic E-state index is 0.112. The molecule has 0 aliphatic rings. The van der Waals surface area contributed by atoms with E-state index in [-0.39, 0.29) is 5.78 Å². The van der Waals surface area contributed by atoms with Crippen LogP contribution < -0.4 is 10.5 Å². The van der Waals surface area contributed by atoms with Crippen molar-refractivity contribution in [2.45, 2.75) is 0 Å². The highest BCUT2D eigenvalue weighted by atomic mass is 16.5. The average molecular weight is 266 g/mol. The lowest BCUT2D eigenvalue weighted by Crippen LogP contribution is -2.05. The van der Waals surface area contributed by atoms with Gasteiger partial charge in [0, 0.05) is 33.9 Å². The molecular formula is C16H14N2O2. The predicted molar refractivity (Wildman–Crippen MR) is 79.1 cm³/mol. The molecule has 100 valence electrons. The Bertz CT molecular complexity index is 790. The fraction of sp³-hybridized carbons (Fsp3) is 0.0625. The largest absolute Gasteiger partial charge is 0.497 e. The molecule has 0 unspecified atom stereocenters. The number of para-hydroxylation sites is 1. The van der Waals surface area contributed by atoms with Gasteiger partial charge in [0.05, 0.1) is 7.11 Å². The highest BCUT2D eigenvalue weighted by Crippen LogP contribution is 2.26. The zero-order chi connectivity index (χ0) is 14.1. The topological polar surface area (TPSA) is 68.1 Å². The first-order chi connectivity index (χ1) is 9.70. The van der Waals surface area contributed by atoms with E-state index in [0.717, 1.165) is 10.9 Å². The Balaban J connectivity index is 2.13. The summed E-state index contributed by atoms with van der Waals surface area (Å²) in [4.78, 5) is 15.7. The Morgan fingerprint density at radius 3 is 2.75 bits per heavy atom. The molecule has 3 aromatic rings. The summed E-state index contributed by atoms with van der Waals surface area (Å²) in [7, 11) is 1.56. The van der Waals surface area contributed by atoms with Crippen molar-refractivity contribution in [3.8, 4) is 5.75 Å². The second-order valence-corrected chi connectivity index (χ2v) is 4.53. The van der Waals surface area contributed by atoms with Crippen LogP contribution in [0.25, 0.3) is 10.9 Å². The van der Waals surface area contributed by atoms with E-state index in [0.29, 0.717) is 22.6 Å². The summed E-state index contributed by atoms with van der Waals surface area (Å²) in [6.07, 6.45) is 1.71. The lowest BCUT2D eigenvalue weighted by molar-refractivity contribution is 0.104. The van der Waals surface area contributed by atoms with Crippen molar-refractivity contribution in [1.82, 2.24) is 4.98 Å². The monoisotopic (exact) mass is 266 g/mol. The number of ether oxygens (including phenoxy) is 1. The normalized spacial score (nSPS) is 10.7. The number of ketones is 1. The molecule has 0 radical (unpaired) electrons. The third kappa shape index (κ3) is 1.91. The third-order valence-electron chi connectivity index (χ3n) is 3.34. The smallest absolute Gasteiger partial charge is 0.197 e. The lowest BCUT2D eigenvalue weighted by Gasteiger charge is -2.07. The molecule has 3 rings (SSSR count). The van der Waals surface area contributed by atoms with Gasteiger partial charge in [-0.25, -0.2) is 0 Å². The van der Waals surface area contributed by atoms with Gasteiger partial charge < -0.3 is 15.5 Å². The van der Waals surface area contributed by atoms with Crippen molar-refractivity contribution in [3.05, 3.63) is 59.8 Å². The number of aromatic nitrogens is 1. The van der Waals surface area contributed by atoms with E-state index in [1.165, 1.54) is 0 Å². The molecule has 1 aromatic heterocycles. The molecule has 0 amide bonds. The lowest BCUT2D eigenvalue weighted by atomic mass is 10.0. The number of H-pyrrole nitrogens is 1. The minimum atomic E-state index is -0.112. The van der Waals surface area contributed by atoms with Crippen molar-refractivity contribution in [3.63, 3.8) is 0 Å². The molecule has 0 atom stereocenters. The van der Waals surface area contributed by atoms with Crippen LogP contribution in [-0.4, -0.2) is 17.9 Å². The summed E-state index contributed by atoms with van der Waals surface area (Å²) in [5.74, 6) is 0.501. The molecule has 0 aliphatic carbocycles. The molecule has 3 N–H and O–H groups in total. The number of fused-ring (bicyclic) bond motifs is 1. The van der Waals surface area contributed by atoms with E-state index in [4.69, 9.17) is 10.5 Å². The summed E-state index contributed by atoms with van der Waals surface area (Å²) in [6.45, 7) is 0. The number of nitrogens with two attached hydrogens (primary N) is 1. The van der Waals surface area contributed by atoms with Gasteiger partial charge in [-0.3, -0.25) is 4.79 Å². The summed E-state index contributed by atoms with van der Waals surface area (Å²) in [6, 6.07) is 12.8. The van der Waals surface area contributed by atoms with Crippen molar-refractivity contribution in [1.29, 1.82) is 0 Å². The Labute approximate surface area is 116 Å². The van der Waals surface area contributed by atoms with Crippen LogP contribution in [0.3, 0.4) is 0 Å². The molecule has 0 saturated heterocycles. The number of hydrogen-bond acceptors (Lipinski definition) is 3. The molecule has 4 heteroatoms. The van der Waals surface area contributed by atoms with Crippen LogP contribution in [0.5, 0.6) is 5.75 Å². The molecule has 0 aliphatic heterocycles. The second-order valence-electron chi connectivity index (χ2n) is 4.53. The number of hydrogen-bond donors (Lipinski definition) is 2. The molecule has 0 saturated carbocycles. The van der Waals surface area contributed by atoms with Gasteiger partial charge in [0.2, 0.25) is 0 Å². The number of nitrogens with one attached hydrogen (secondary N) is 1. The molecule has 0 fully saturated rings. The number of methoxy groups -OCH3 is 1. The van der Waals surface area contributed by atoms with E-state index in [2.05, 4.69) is 4.98 Å². The third-order valence-corrected chi connectivity index (χ3v) is 3.34. The van der Waals surface area contributed by atoms with E-state index in [1.807, 2.05) is 24.3 Å². The molecule has 1 heterocycles. The van der Waals surface area contributed by atoms with E-state index in [1.54, 1.807) is 31.5 Å². The van der Waals surface area contributed by atoms with Crippen LogP contribution in [0.15, 0.2) is 48.7 Å². The quantitative estimate of drug-likeness (QED) is 0.565. The Kier molecular flexibility index (Phi) is 2.91. The number of carbonyl (C=O) groups is 1. The van der Waals surface area contributed by atoms with Gasteiger partial charge in [0.25, 0.3) is 0 Å². The number of rotatable bonds is 3. The van der Waals surface area contributed by atoms with Crippen molar-refractivity contribution >= 4 is 22.4 Å². The molecular weight excluding hydrogens is 252 g/mol.